The molecule has 4 unspecified atom stereocenters. The average Bonchev–Trinajstić information content (AvgIpc) is 3.97. The lowest BCUT2D eigenvalue weighted by atomic mass is 9.85. The van der Waals surface area contributed by atoms with Crippen molar-refractivity contribution < 1.29 is 48.2 Å². The molecule has 2 aromatic carbocycles. The fourth-order valence-corrected chi connectivity index (χ4v) is 9.32. The second-order valence-electron chi connectivity index (χ2n) is 18.3. The van der Waals surface area contributed by atoms with Crippen LogP contribution in [-0.2, 0) is 35.3 Å². The number of β-amino-alcohol motifs (C(OH)–C–C–N with tert-alkyl or cyclic N) is 1. The van der Waals surface area contributed by atoms with E-state index < -0.39 is 59.2 Å². The molecule has 66 heavy (non-hydrogen) atoms. The van der Waals surface area contributed by atoms with E-state index >= 15 is 0 Å². The van der Waals surface area contributed by atoms with Crippen molar-refractivity contribution in [1.82, 2.24) is 36.1 Å². The Hall–Kier alpha value is -6.01. The average molecular weight is 928 g/mol. The number of piperidine rings is 1. The van der Waals surface area contributed by atoms with Crippen LogP contribution in [0.1, 0.15) is 130 Å². The fourth-order valence-electron chi connectivity index (χ4n) is 8.51. The SMILES string of the molecule is Cc1ncsc1-c1ccc(CNC(=O)C2CC(O)CN2C(=O)C(NC(=O)CCCCCCCCCCNC(=O)COc2cccc3c2C(=O)N(C2CCC(=O)NC2=O)C3=O)C(C)(C)C)cc1. The molecule has 18 heteroatoms. The third-order valence-corrected chi connectivity index (χ3v) is 13.1. The molecule has 17 nitrogen and oxygen atoms in total. The second kappa shape index (κ2) is 22.5. The number of amides is 8. The molecule has 3 aliphatic rings. The number of aliphatic hydroxyl groups excluding tert-OH is 1. The van der Waals surface area contributed by atoms with Crippen LogP contribution in [0.15, 0.2) is 48.0 Å². The normalized spacial score (nSPS) is 18.8. The Balaban J connectivity index is 0.832. The summed E-state index contributed by atoms with van der Waals surface area (Å²) in [6, 6.07) is 9.51. The second-order valence-corrected chi connectivity index (χ2v) is 19.1. The maximum Gasteiger partial charge on any atom is 0.266 e. The van der Waals surface area contributed by atoms with Gasteiger partial charge in [-0.25, -0.2) is 4.98 Å². The van der Waals surface area contributed by atoms with Gasteiger partial charge in [-0.15, -0.1) is 11.3 Å². The number of aliphatic hydroxyl groups is 1. The van der Waals surface area contributed by atoms with Crippen LogP contribution in [0.3, 0.4) is 0 Å². The van der Waals surface area contributed by atoms with E-state index in [9.17, 15) is 43.5 Å². The number of hydrogen-bond donors (Lipinski definition) is 5. The molecular formula is C48H61N7O10S. The van der Waals surface area contributed by atoms with E-state index in [1.54, 1.807) is 11.3 Å². The highest BCUT2D eigenvalue weighted by Gasteiger charge is 2.47. The predicted octanol–water partition coefficient (Wildman–Crippen LogP) is 4.33. The molecule has 2 saturated heterocycles. The van der Waals surface area contributed by atoms with Crippen molar-refractivity contribution in [2.75, 3.05) is 19.7 Å². The summed E-state index contributed by atoms with van der Waals surface area (Å²) in [5.74, 6) is -3.83. The van der Waals surface area contributed by atoms with E-state index in [2.05, 4.69) is 26.3 Å². The minimum atomic E-state index is -1.10. The fraction of sp³-hybridized carbons (Fsp3) is 0.521. The minimum Gasteiger partial charge on any atom is -0.483 e. The van der Waals surface area contributed by atoms with E-state index in [-0.39, 0.29) is 80.0 Å². The zero-order valence-corrected chi connectivity index (χ0v) is 38.9. The molecule has 4 atom stereocenters. The largest absolute Gasteiger partial charge is 0.483 e. The van der Waals surface area contributed by atoms with E-state index in [1.807, 2.05) is 57.5 Å². The zero-order valence-electron chi connectivity index (χ0n) is 38.1. The quantitative estimate of drug-likeness (QED) is 0.0745. The maximum absolute atomic E-state index is 14.0. The van der Waals surface area contributed by atoms with Gasteiger partial charge >= 0.3 is 0 Å². The van der Waals surface area contributed by atoms with Crippen molar-refractivity contribution in [2.45, 2.75) is 136 Å². The summed E-state index contributed by atoms with van der Waals surface area (Å²) in [5.41, 5.74) is 4.13. The van der Waals surface area contributed by atoms with Gasteiger partial charge in [0.05, 0.1) is 33.3 Å². The Kier molecular flexibility index (Phi) is 16.8. The Morgan fingerprint density at radius 3 is 2.27 bits per heavy atom. The van der Waals surface area contributed by atoms with E-state index in [0.717, 1.165) is 71.5 Å². The van der Waals surface area contributed by atoms with Crippen LogP contribution in [0, 0.1) is 12.3 Å². The molecule has 0 spiro atoms. The Labute approximate surface area is 388 Å². The number of aryl methyl sites for hydroxylation is 1. The highest BCUT2D eigenvalue weighted by molar-refractivity contribution is 7.13. The smallest absolute Gasteiger partial charge is 0.266 e. The van der Waals surface area contributed by atoms with Crippen LogP contribution in [0.2, 0.25) is 0 Å². The van der Waals surface area contributed by atoms with Gasteiger partial charge in [0.1, 0.15) is 23.9 Å². The summed E-state index contributed by atoms with van der Waals surface area (Å²) in [5, 5.41) is 21.4. The van der Waals surface area contributed by atoms with Gasteiger partial charge in [-0.2, -0.15) is 0 Å². The number of likely N-dealkylation sites (tertiary alicyclic amines) is 1. The third kappa shape index (κ3) is 12.5. The summed E-state index contributed by atoms with van der Waals surface area (Å²) in [6.07, 6.45) is 6.67. The number of rotatable bonds is 21. The highest BCUT2D eigenvalue weighted by Crippen LogP contribution is 2.34. The number of fused-ring (bicyclic) bond motifs is 1. The van der Waals surface area contributed by atoms with Gasteiger partial charge in [-0.1, -0.05) is 89.6 Å². The number of thiazole rings is 1. The van der Waals surface area contributed by atoms with Gasteiger partial charge in [0.15, 0.2) is 6.61 Å². The minimum absolute atomic E-state index is 0.00813. The third-order valence-electron chi connectivity index (χ3n) is 12.2. The number of carbonyl (C=O) groups excluding carboxylic acids is 8. The first-order valence-electron chi connectivity index (χ1n) is 22.8. The lowest BCUT2D eigenvalue weighted by molar-refractivity contribution is -0.144. The lowest BCUT2D eigenvalue weighted by Gasteiger charge is -2.35. The van der Waals surface area contributed by atoms with Gasteiger partial charge in [0, 0.05) is 38.9 Å². The van der Waals surface area contributed by atoms with E-state index in [0.29, 0.717) is 13.0 Å². The van der Waals surface area contributed by atoms with Gasteiger partial charge in [-0.3, -0.25) is 48.6 Å². The Bertz CT molecular complexity index is 2290. The molecule has 6 rings (SSSR count). The van der Waals surface area contributed by atoms with E-state index in [1.165, 1.54) is 23.1 Å². The zero-order chi connectivity index (χ0) is 47.5. The molecular weight excluding hydrogens is 867 g/mol. The molecule has 354 valence electrons. The van der Waals surface area contributed by atoms with Crippen molar-refractivity contribution in [3.05, 3.63) is 70.4 Å². The number of benzene rings is 2. The summed E-state index contributed by atoms with van der Waals surface area (Å²) in [6.45, 7) is 7.91. The first-order chi connectivity index (χ1) is 31.5. The number of nitrogens with zero attached hydrogens (tertiary/aromatic N) is 3. The van der Waals surface area contributed by atoms with Crippen LogP contribution >= 0.6 is 11.3 Å². The van der Waals surface area contributed by atoms with Crippen LogP contribution in [0.25, 0.3) is 10.4 Å². The number of unbranched alkanes of at least 4 members (excludes halogenated alkanes) is 7. The standard InChI is InChI=1S/C48H61N7O10S/c1-29-41(66-28-51-29)31-19-17-30(18-20-31)25-50-43(60)35-24-32(56)26-54(35)47(64)42(48(2,3)4)52-37(57)16-11-9-7-5-6-8-10-12-23-49-39(59)27-65-36-15-13-14-33-40(36)46(63)55(45(33)62)34-21-22-38(58)53-44(34)61/h13-15,17-20,28,32,34-35,42,56H,5-12,16,21-27H2,1-4H3,(H,49,59)(H,50,60)(H,52,57)(H,53,58,61). The number of hydrogen-bond acceptors (Lipinski definition) is 12. The Morgan fingerprint density at radius 2 is 1.61 bits per heavy atom. The molecule has 8 amide bonds. The first-order valence-corrected chi connectivity index (χ1v) is 23.7. The number of carbonyl (C=O) groups is 8. The molecule has 0 saturated carbocycles. The topological polar surface area (TPSA) is 234 Å². The van der Waals surface area contributed by atoms with Crippen LogP contribution in [-0.4, -0.2) is 111 Å². The van der Waals surface area contributed by atoms with Gasteiger partial charge in [0.25, 0.3) is 17.7 Å². The Morgan fingerprint density at radius 1 is 0.909 bits per heavy atom. The van der Waals surface area contributed by atoms with Crippen molar-refractivity contribution >= 4 is 58.6 Å². The summed E-state index contributed by atoms with van der Waals surface area (Å²) in [7, 11) is 0. The lowest BCUT2D eigenvalue weighted by Crippen LogP contribution is -2.57. The molecule has 5 N–H and O–H groups in total. The molecule has 4 heterocycles. The number of imide groups is 2. The summed E-state index contributed by atoms with van der Waals surface area (Å²) in [4.78, 5) is 111. The van der Waals surface area contributed by atoms with Crippen molar-refractivity contribution in [2.24, 2.45) is 5.41 Å². The molecule has 0 aliphatic carbocycles. The number of nitrogens with one attached hydrogen (secondary N) is 4. The number of ether oxygens (including phenoxy) is 1. The summed E-state index contributed by atoms with van der Waals surface area (Å²) >= 11 is 1.57. The van der Waals surface area contributed by atoms with Crippen molar-refractivity contribution in [3.8, 4) is 16.2 Å². The molecule has 0 radical (unpaired) electrons. The maximum atomic E-state index is 14.0. The van der Waals surface area contributed by atoms with Crippen LogP contribution in [0.5, 0.6) is 5.75 Å². The van der Waals surface area contributed by atoms with Crippen molar-refractivity contribution in [3.63, 3.8) is 0 Å². The van der Waals surface area contributed by atoms with Crippen LogP contribution in [0.4, 0.5) is 0 Å². The summed E-state index contributed by atoms with van der Waals surface area (Å²) < 4.78 is 5.65. The molecule has 2 fully saturated rings. The number of aromatic nitrogens is 1. The van der Waals surface area contributed by atoms with Gasteiger partial charge in [0.2, 0.25) is 29.5 Å². The molecule has 3 aromatic rings. The van der Waals surface area contributed by atoms with Crippen molar-refractivity contribution in [1.29, 1.82) is 0 Å². The predicted molar refractivity (Wildman–Crippen MR) is 245 cm³/mol. The highest BCUT2D eigenvalue weighted by atomic mass is 32.1. The van der Waals surface area contributed by atoms with E-state index in [4.69, 9.17) is 4.74 Å². The monoisotopic (exact) mass is 927 g/mol. The van der Waals surface area contributed by atoms with Gasteiger partial charge in [-0.05, 0) is 54.9 Å². The first kappa shape index (κ1) is 49.4. The van der Waals surface area contributed by atoms with Crippen LogP contribution < -0.4 is 26.0 Å². The molecule has 1 aromatic heterocycles. The van der Waals surface area contributed by atoms with Gasteiger partial charge < -0.3 is 30.7 Å². The molecule has 0 bridgehead atoms. The molecule has 3 aliphatic heterocycles.